The lowest BCUT2D eigenvalue weighted by Gasteiger charge is -2.01. The van der Waals surface area contributed by atoms with Crippen molar-refractivity contribution in [3.8, 4) is 0 Å². The Hall–Kier alpha value is -1.32. The van der Waals surface area contributed by atoms with Crippen molar-refractivity contribution in [1.82, 2.24) is 0 Å². The Bertz CT molecular complexity index is 194. The molecular formula is C10H18O4. The van der Waals surface area contributed by atoms with Gasteiger partial charge in [-0.2, -0.15) is 0 Å². The molecule has 0 bridgehead atoms. The first-order chi connectivity index (χ1) is 6.25. The van der Waals surface area contributed by atoms with E-state index >= 15 is 0 Å². The highest BCUT2D eigenvalue weighted by Crippen LogP contribution is 1.92. The van der Waals surface area contributed by atoms with Gasteiger partial charge >= 0.3 is 11.9 Å². The first-order valence-corrected chi connectivity index (χ1v) is 4.29. The lowest BCUT2D eigenvalue weighted by atomic mass is 10.2. The maximum Gasteiger partial charge on any atom is 0.307 e. The van der Waals surface area contributed by atoms with Crippen molar-refractivity contribution in [2.24, 2.45) is 0 Å². The number of carbonyl (C=O) groups excluding carboxylic acids is 1. The van der Waals surface area contributed by atoms with Gasteiger partial charge in [-0.15, -0.1) is 0 Å². The number of hydrogen-bond donors (Lipinski definition) is 1. The van der Waals surface area contributed by atoms with Crippen molar-refractivity contribution < 1.29 is 19.4 Å². The van der Waals surface area contributed by atoms with Gasteiger partial charge in [-0.3, -0.25) is 9.59 Å². The average molecular weight is 202 g/mol. The lowest BCUT2D eigenvalue weighted by Crippen LogP contribution is -2.06. The van der Waals surface area contributed by atoms with Gasteiger partial charge in [0.05, 0.1) is 12.5 Å². The summed E-state index contributed by atoms with van der Waals surface area (Å²) in [5.74, 6) is -1.03. The molecular weight excluding hydrogens is 184 g/mol. The molecule has 0 unspecified atom stereocenters. The molecule has 0 saturated carbocycles. The summed E-state index contributed by atoms with van der Waals surface area (Å²) in [4.78, 5) is 19.8. The maximum atomic E-state index is 10.0. The normalized spacial score (nSPS) is 8.64. The molecule has 82 valence electrons. The smallest absolute Gasteiger partial charge is 0.307 e. The second-order valence-corrected chi connectivity index (χ2v) is 3.19. The topological polar surface area (TPSA) is 63.6 Å². The first-order valence-electron chi connectivity index (χ1n) is 4.29. The first kappa shape index (κ1) is 15.2. The fourth-order valence-corrected chi connectivity index (χ4v) is 0.590. The molecule has 0 aromatic rings. The highest BCUT2D eigenvalue weighted by Gasteiger charge is 1.93. The van der Waals surface area contributed by atoms with Crippen LogP contribution >= 0.6 is 0 Å². The van der Waals surface area contributed by atoms with Crippen LogP contribution in [0.4, 0.5) is 0 Å². The molecule has 0 atom stereocenters. The molecule has 0 aromatic carbocycles. The molecule has 4 heteroatoms. The number of rotatable bonds is 3. The van der Waals surface area contributed by atoms with E-state index in [4.69, 9.17) is 5.11 Å². The Kier molecular flexibility index (Phi) is 8.98. The number of esters is 1. The molecule has 0 fully saturated rings. The van der Waals surface area contributed by atoms with E-state index in [1.165, 1.54) is 6.92 Å². The number of carboxylic acids is 1. The zero-order chi connectivity index (χ0) is 11.7. The Morgan fingerprint density at radius 2 is 1.79 bits per heavy atom. The monoisotopic (exact) mass is 202 g/mol. The third-order valence-corrected chi connectivity index (χ3v) is 0.855. The SMILES string of the molecule is C=C(C)CC(=O)O.CC(=O)OC(C)C. The summed E-state index contributed by atoms with van der Waals surface area (Å²) < 4.78 is 4.61. The molecule has 0 heterocycles. The predicted molar refractivity (Wildman–Crippen MR) is 54.0 cm³/mol. The minimum Gasteiger partial charge on any atom is -0.481 e. The van der Waals surface area contributed by atoms with E-state index in [9.17, 15) is 9.59 Å². The van der Waals surface area contributed by atoms with Gasteiger partial charge in [-0.1, -0.05) is 12.2 Å². The fraction of sp³-hybridized carbons (Fsp3) is 0.600. The summed E-state index contributed by atoms with van der Waals surface area (Å²) in [6.07, 6.45) is 0.109. The van der Waals surface area contributed by atoms with Crippen LogP contribution in [0.15, 0.2) is 12.2 Å². The zero-order valence-corrected chi connectivity index (χ0v) is 9.16. The van der Waals surface area contributed by atoms with Crippen LogP contribution in [0.25, 0.3) is 0 Å². The molecule has 14 heavy (non-hydrogen) atoms. The molecule has 0 spiro atoms. The number of hydrogen-bond acceptors (Lipinski definition) is 3. The van der Waals surface area contributed by atoms with Crippen molar-refractivity contribution in [2.75, 3.05) is 0 Å². The zero-order valence-electron chi connectivity index (χ0n) is 9.16. The molecule has 0 radical (unpaired) electrons. The van der Waals surface area contributed by atoms with Crippen molar-refractivity contribution in [1.29, 1.82) is 0 Å². The molecule has 0 aliphatic heterocycles. The summed E-state index contributed by atoms with van der Waals surface area (Å²) in [6.45, 7) is 10.1. The second kappa shape index (κ2) is 8.29. The third kappa shape index (κ3) is 22.4. The van der Waals surface area contributed by atoms with E-state index in [2.05, 4.69) is 11.3 Å². The van der Waals surface area contributed by atoms with Crippen molar-refractivity contribution in [3.05, 3.63) is 12.2 Å². The maximum absolute atomic E-state index is 10.0. The van der Waals surface area contributed by atoms with Gasteiger partial charge in [0.1, 0.15) is 0 Å². The molecule has 1 N–H and O–H groups in total. The summed E-state index contributed by atoms with van der Waals surface area (Å²) in [7, 11) is 0. The van der Waals surface area contributed by atoms with E-state index in [0.717, 1.165) is 0 Å². The number of carbonyl (C=O) groups is 2. The number of ether oxygens (including phenoxy) is 1. The van der Waals surface area contributed by atoms with Crippen LogP contribution in [0.5, 0.6) is 0 Å². The Balaban J connectivity index is 0. The van der Waals surface area contributed by atoms with Gasteiger partial charge in [0.15, 0.2) is 0 Å². The molecule has 0 rings (SSSR count). The van der Waals surface area contributed by atoms with Gasteiger partial charge in [-0.25, -0.2) is 0 Å². The molecule has 0 amide bonds. The van der Waals surface area contributed by atoms with Gasteiger partial charge in [-0.05, 0) is 20.8 Å². The summed E-state index contributed by atoms with van der Waals surface area (Å²) in [5, 5.41) is 8.02. The molecule has 4 nitrogen and oxygen atoms in total. The van der Waals surface area contributed by atoms with Gasteiger partial charge in [0.2, 0.25) is 0 Å². The predicted octanol–water partition coefficient (Wildman–Crippen LogP) is 2.00. The number of carboxylic acid groups (broad SMARTS) is 1. The summed E-state index contributed by atoms with van der Waals surface area (Å²) in [6, 6.07) is 0. The van der Waals surface area contributed by atoms with Crippen LogP contribution in [0.2, 0.25) is 0 Å². The Morgan fingerprint density at radius 1 is 1.36 bits per heavy atom. The summed E-state index contributed by atoms with van der Waals surface area (Å²) >= 11 is 0. The van der Waals surface area contributed by atoms with E-state index in [1.54, 1.807) is 6.92 Å². The van der Waals surface area contributed by atoms with Gasteiger partial charge in [0, 0.05) is 6.92 Å². The minimum atomic E-state index is -0.812. The Morgan fingerprint density at radius 3 is 1.79 bits per heavy atom. The standard InChI is InChI=1S/C5H10O2.C5H8O2/c1-4(2)7-5(3)6;1-4(2)3-5(6)7/h4H,1-3H3;1,3H2,2H3,(H,6,7). The van der Waals surface area contributed by atoms with Crippen molar-refractivity contribution in [3.63, 3.8) is 0 Å². The highest BCUT2D eigenvalue weighted by atomic mass is 16.5. The van der Waals surface area contributed by atoms with Crippen LogP contribution in [0.1, 0.15) is 34.1 Å². The van der Waals surface area contributed by atoms with E-state index in [0.29, 0.717) is 5.57 Å². The van der Waals surface area contributed by atoms with Crippen LogP contribution in [0, 0.1) is 0 Å². The molecule has 0 aliphatic rings. The lowest BCUT2D eigenvalue weighted by molar-refractivity contribution is -0.144. The quantitative estimate of drug-likeness (QED) is 0.561. The van der Waals surface area contributed by atoms with Crippen molar-refractivity contribution >= 4 is 11.9 Å². The fourth-order valence-electron chi connectivity index (χ4n) is 0.590. The average Bonchev–Trinajstić information content (AvgIpc) is 1.79. The largest absolute Gasteiger partial charge is 0.481 e. The van der Waals surface area contributed by atoms with Crippen LogP contribution in [-0.4, -0.2) is 23.1 Å². The Labute approximate surface area is 84.6 Å². The van der Waals surface area contributed by atoms with Crippen molar-refractivity contribution in [2.45, 2.75) is 40.2 Å². The van der Waals surface area contributed by atoms with E-state index < -0.39 is 5.97 Å². The molecule has 0 aliphatic carbocycles. The van der Waals surface area contributed by atoms with Crippen LogP contribution < -0.4 is 0 Å². The minimum absolute atomic E-state index is 0.0255. The second-order valence-electron chi connectivity index (χ2n) is 3.19. The number of aliphatic carboxylic acids is 1. The molecule has 0 saturated heterocycles. The summed E-state index contributed by atoms with van der Waals surface area (Å²) in [5.41, 5.74) is 0.688. The third-order valence-electron chi connectivity index (χ3n) is 0.855. The van der Waals surface area contributed by atoms with E-state index in [1.807, 2.05) is 13.8 Å². The van der Waals surface area contributed by atoms with Crippen LogP contribution in [-0.2, 0) is 14.3 Å². The molecule has 0 aromatic heterocycles. The van der Waals surface area contributed by atoms with E-state index in [-0.39, 0.29) is 18.5 Å². The van der Waals surface area contributed by atoms with Crippen LogP contribution in [0.3, 0.4) is 0 Å². The van der Waals surface area contributed by atoms with Gasteiger partial charge < -0.3 is 9.84 Å². The highest BCUT2D eigenvalue weighted by molar-refractivity contribution is 5.69. The van der Waals surface area contributed by atoms with Gasteiger partial charge in [0.25, 0.3) is 0 Å².